The molecule has 1 unspecified atom stereocenters. The minimum Gasteiger partial charge on any atom is -0.311 e. The van der Waals surface area contributed by atoms with Crippen molar-refractivity contribution in [3.8, 4) is 0 Å². The number of thiazole rings is 1. The molecular weight excluding hydrogens is 175 g/mol. The molecule has 1 heterocycles. The first-order valence-corrected chi connectivity index (χ1v) is 4.70. The van der Waals surface area contributed by atoms with Gasteiger partial charge in [0.05, 0.1) is 16.6 Å². The standard InChI is InChI=1S/C8H13FN2S/c1-5-7(4-9)12-8(11-5)6(2)10-3/h6,10H,4H2,1-3H3. The molecule has 0 aliphatic carbocycles. The van der Waals surface area contributed by atoms with Crippen LogP contribution in [0.15, 0.2) is 0 Å². The van der Waals surface area contributed by atoms with Gasteiger partial charge in [-0.25, -0.2) is 9.37 Å². The molecule has 1 aromatic heterocycles. The van der Waals surface area contributed by atoms with Crippen LogP contribution < -0.4 is 5.32 Å². The van der Waals surface area contributed by atoms with Gasteiger partial charge in [-0.05, 0) is 20.9 Å². The van der Waals surface area contributed by atoms with Crippen molar-refractivity contribution in [1.82, 2.24) is 10.3 Å². The van der Waals surface area contributed by atoms with Crippen molar-refractivity contribution in [2.75, 3.05) is 7.05 Å². The van der Waals surface area contributed by atoms with E-state index in [2.05, 4.69) is 10.3 Å². The SMILES string of the molecule is CNC(C)c1nc(C)c(CF)s1. The Labute approximate surface area is 75.8 Å². The highest BCUT2D eigenvalue weighted by atomic mass is 32.1. The normalized spacial score (nSPS) is 13.3. The minimum atomic E-state index is -0.403. The van der Waals surface area contributed by atoms with Crippen LogP contribution in [0.3, 0.4) is 0 Å². The van der Waals surface area contributed by atoms with Crippen LogP contribution in [-0.2, 0) is 6.67 Å². The lowest BCUT2D eigenvalue weighted by molar-refractivity contribution is 0.489. The van der Waals surface area contributed by atoms with E-state index in [0.29, 0.717) is 0 Å². The van der Waals surface area contributed by atoms with Gasteiger partial charge >= 0.3 is 0 Å². The number of halogens is 1. The van der Waals surface area contributed by atoms with Gasteiger partial charge in [-0.3, -0.25) is 0 Å². The Bertz CT molecular complexity index is 260. The predicted molar refractivity (Wildman–Crippen MR) is 49.1 cm³/mol. The quantitative estimate of drug-likeness (QED) is 0.786. The van der Waals surface area contributed by atoms with Crippen LogP contribution in [0.2, 0.25) is 0 Å². The molecule has 1 aromatic rings. The summed E-state index contributed by atoms with van der Waals surface area (Å²) in [6, 6.07) is 0.217. The molecule has 0 radical (unpaired) electrons. The number of hydrogen-bond acceptors (Lipinski definition) is 3. The molecule has 0 aromatic carbocycles. The van der Waals surface area contributed by atoms with E-state index in [1.165, 1.54) is 11.3 Å². The van der Waals surface area contributed by atoms with Gasteiger partial charge in [-0.15, -0.1) is 11.3 Å². The fraction of sp³-hybridized carbons (Fsp3) is 0.625. The Morgan fingerprint density at radius 1 is 1.67 bits per heavy atom. The first-order valence-electron chi connectivity index (χ1n) is 3.88. The number of aryl methyl sites for hydroxylation is 1. The second-order valence-electron chi connectivity index (χ2n) is 2.70. The summed E-state index contributed by atoms with van der Waals surface area (Å²) in [5.74, 6) is 0. The molecule has 12 heavy (non-hydrogen) atoms. The first kappa shape index (κ1) is 9.61. The number of nitrogens with one attached hydrogen (secondary N) is 1. The van der Waals surface area contributed by atoms with E-state index in [1.54, 1.807) is 0 Å². The Hall–Kier alpha value is -0.480. The number of aromatic nitrogens is 1. The number of nitrogens with zero attached hydrogens (tertiary/aromatic N) is 1. The molecule has 0 aliphatic rings. The molecule has 1 N–H and O–H groups in total. The fourth-order valence-corrected chi connectivity index (χ4v) is 1.86. The van der Waals surface area contributed by atoms with Crippen LogP contribution in [-0.4, -0.2) is 12.0 Å². The van der Waals surface area contributed by atoms with Gasteiger partial charge < -0.3 is 5.32 Å². The number of rotatable bonds is 3. The van der Waals surface area contributed by atoms with Crippen molar-refractivity contribution < 1.29 is 4.39 Å². The molecule has 0 bridgehead atoms. The molecule has 0 spiro atoms. The number of alkyl halides is 1. The third-order valence-electron chi connectivity index (χ3n) is 1.83. The second kappa shape index (κ2) is 3.96. The molecule has 0 fully saturated rings. The third-order valence-corrected chi connectivity index (χ3v) is 3.14. The zero-order valence-electron chi connectivity index (χ0n) is 7.52. The number of hydrogen-bond donors (Lipinski definition) is 1. The Morgan fingerprint density at radius 3 is 2.75 bits per heavy atom. The fourth-order valence-electron chi connectivity index (χ4n) is 0.883. The summed E-state index contributed by atoms with van der Waals surface area (Å²) in [4.78, 5) is 5.01. The average Bonchev–Trinajstić information content (AvgIpc) is 2.45. The smallest absolute Gasteiger partial charge is 0.126 e. The highest BCUT2D eigenvalue weighted by Gasteiger charge is 2.11. The summed E-state index contributed by atoms with van der Waals surface area (Å²) < 4.78 is 12.3. The molecule has 4 heteroatoms. The maximum Gasteiger partial charge on any atom is 0.126 e. The van der Waals surface area contributed by atoms with E-state index in [-0.39, 0.29) is 6.04 Å². The lowest BCUT2D eigenvalue weighted by atomic mass is 10.3. The maximum atomic E-state index is 12.3. The molecule has 2 nitrogen and oxygen atoms in total. The van der Waals surface area contributed by atoms with Crippen LogP contribution in [0.5, 0.6) is 0 Å². The van der Waals surface area contributed by atoms with Gasteiger partial charge in [-0.2, -0.15) is 0 Å². The van der Waals surface area contributed by atoms with E-state index in [1.807, 2.05) is 20.9 Å². The Morgan fingerprint density at radius 2 is 2.33 bits per heavy atom. The summed E-state index contributed by atoms with van der Waals surface area (Å²) in [7, 11) is 1.87. The van der Waals surface area contributed by atoms with Gasteiger partial charge in [0.2, 0.25) is 0 Å². The predicted octanol–water partition coefficient (Wildman–Crippen LogP) is 2.20. The van der Waals surface area contributed by atoms with Crippen LogP contribution >= 0.6 is 11.3 Å². The van der Waals surface area contributed by atoms with Crippen molar-refractivity contribution in [3.05, 3.63) is 15.6 Å². The summed E-state index contributed by atoms with van der Waals surface area (Å²) in [5.41, 5.74) is 0.819. The van der Waals surface area contributed by atoms with Crippen LogP contribution in [0, 0.1) is 6.92 Å². The van der Waals surface area contributed by atoms with Gasteiger partial charge in [0.25, 0.3) is 0 Å². The summed E-state index contributed by atoms with van der Waals surface area (Å²) in [6.45, 7) is 3.46. The van der Waals surface area contributed by atoms with E-state index in [4.69, 9.17) is 0 Å². The first-order chi connectivity index (χ1) is 5.69. The lowest BCUT2D eigenvalue weighted by Crippen LogP contribution is -2.11. The molecule has 0 amide bonds. The Kier molecular flexibility index (Phi) is 3.17. The van der Waals surface area contributed by atoms with Crippen LogP contribution in [0.25, 0.3) is 0 Å². The molecule has 1 atom stereocenters. The minimum absolute atomic E-state index is 0.217. The third kappa shape index (κ3) is 1.81. The molecule has 0 aliphatic heterocycles. The van der Waals surface area contributed by atoms with Gasteiger partial charge in [-0.1, -0.05) is 0 Å². The highest BCUT2D eigenvalue weighted by Crippen LogP contribution is 2.23. The van der Waals surface area contributed by atoms with E-state index in [9.17, 15) is 4.39 Å². The molecule has 0 saturated heterocycles. The highest BCUT2D eigenvalue weighted by molar-refractivity contribution is 7.11. The van der Waals surface area contributed by atoms with Crippen LogP contribution in [0.1, 0.15) is 28.5 Å². The van der Waals surface area contributed by atoms with E-state index >= 15 is 0 Å². The monoisotopic (exact) mass is 188 g/mol. The van der Waals surface area contributed by atoms with Crippen molar-refractivity contribution in [2.24, 2.45) is 0 Å². The van der Waals surface area contributed by atoms with Crippen molar-refractivity contribution in [1.29, 1.82) is 0 Å². The largest absolute Gasteiger partial charge is 0.311 e. The molecular formula is C8H13FN2S. The van der Waals surface area contributed by atoms with Gasteiger partial charge in [0.15, 0.2) is 0 Å². The molecule has 1 rings (SSSR count). The van der Waals surface area contributed by atoms with Gasteiger partial charge in [0.1, 0.15) is 11.7 Å². The maximum absolute atomic E-state index is 12.3. The zero-order chi connectivity index (χ0) is 9.14. The van der Waals surface area contributed by atoms with Crippen molar-refractivity contribution >= 4 is 11.3 Å². The van der Waals surface area contributed by atoms with Crippen molar-refractivity contribution in [3.63, 3.8) is 0 Å². The summed E-state index contributed by atoms with van der Waals surface area (Å²) in [6.07, 6.45) is 0. The van der Waals surface area contributed by atoms with Crippen molar-refractivity contribution in [2.45, 2.75) is 26.6 Å². The van der Waals surface area contributed by atoms with E-state index in [0.717, 1.165) is 15.6 Å². The topological polar surface area (TPSA) is 24.9 Å². The summed E-state index contributed by atoms with van der Waals surface area (Å²) >= 11 is 1.44. The zero-order valence-corrected chi connectivity index (χ0v) is 8.33. The summed E-state index contributed by atoms with van der Waals surface area (Å²) in [5, 5.41) is 4.03. The molecule has 68 valence electrons. The second-order valence-corrected chi connectivity index (χ2v) is 3.82. The van der Waals surface area contributed by atoms with E-state index < -0.39 is 6.67 Å². The van der Waals surface area contributed by atoms with Crippen LogP contribution in [0.4, 0.5) is 4.39 Å². The van der Waals surface area contributed by atoms with Gasteiger partial charge in [0, 0.05) is 0 Å². The molecule has 0 saturated carbocycles. The lowest BCUT2D eigenvalue weighted by Gasteiger charge is -2.03. The average molecular weight is 188 g/mol. The Balaban J connectivity index is 2.88.